The Morgan fingerprint density at radius 1 is 1.15 bits per heavy atom. The summed E-state index contributed by atoms with van der Waals surface area (Å²) in [6.45, 7) is 10.5. The smallest absolute Gasteiger partial charge is 0.0700 e. The van der Waals surface area contributed by atoms with Crippen LogP contribution in [-0.2, 0) is 9.47 Å². The standard InChI is InChI=1S/C16H34N2O2/c1-4-8-15-14-18(16(5-2)13-17-15)9-6-7-10-20-12-11-19-3/h15-17H,4-14H2,1-3H3. The van der Waals surface area contributed by atoms with Crippen LogP contribution in [0.25, 0.3) is 0 Å². The molecule has 1 saturated heterocycles. The minimum atomic E-state index is 0.695. The summed E-state index contributed by atoms with van der Waals surface area (Å²) in [5.41, 5.74) is 0. The summed E-state index contributed by atoms with van der Waals surface area (Å²) in [5, 5.41) is 3.70. The number of ether oxygens (including phenoxy) is 2. The van der Waals surface area contributed by atoms with E-state index in [1.165, 1.54) is 38.8 Å². The Morgan fingerprint density at radius 2 is 2.00 bits per heavy atom. The number of methoxy groups -OCH3 is 1. The van der Waals surface area contributed by atoms with Crippen LogP contribution in [0.3, 0.4) is 0 Å². The van der Waals surface area contributed by atoms with Gasteiger partial charge in [-0.25, -0.2) is 0 Å². The lowest BCUT2D eigenvalue weighted by atomic mass is 10.0. The molecule has 4 nitrogen and oxygen atoms in total. The second kappa shape index (κ2) is 11.5. The molecule has 1 rings (SSSR count). The molecule has 4 heteroatoms. The largest absolute Gasteiger partial charge is 0.382 e. The molecule has 0 aromatic heterocycles. The molecule has 0 aliphatic carbocycles. The predicted octanol–water partition coefficient (Wildman–Crippen LogP) is 2.28. The molecule has 1 fully saturated rings. The predicted molar refractivity (Wildman–Crippen MR) is 84.3 cm³/mol. The molecule has 0 aromatic carbocycles. The first-order valence-electron chi connectivity index (χ1n) is 8.35. The maximum Gasteiger partial charge on any atom is 0.0700 e. The molecule has 1 aliphatic rings. The summed E-state index contributed by atoms with van der Waals surface area (Å²) >= 11 is 0. The van der Waals surface area contributed by atoms with E-state index in [4.69, 9.17) is 9.47 Å². The molecule has 0 spiro atoms. The van der Waals surface area contributed by atoms with E-state index >= 15 is 0 Å². The summed E-state index contributed by atoms with van der Waals surface area (Å²) in [4.78, 5) is 2.69. The van der Waals surface area contributed by atoms with E-state index in [1.807, 2.05) is 0 Å². The van der Waals surface area contributed by atoms with E-state index in [-0.39, 0.29) is 0 Å². The van der Waals surface area contributed by atoms with Gasteiger partial charge in [0.15, 0.2) is 0 Å². The van der Waals surface area contributed by atoms with Crippen molar-refractivity contribution in [2.75, 3.05) is 46.6 Å². The maximum absolute atomic E-state index is 5.52. The van der Waals surface area contributed by atoms with Gasteiger partial charge in [-0.3, -0.25) is 4.90 Å². The summed E-state index contributed by atoms with van der Waals surface area (Å²) in [5.74, 6) is 0. The van der Waals surface area contributed by atoms with Crippen LogP contribution in [0.1, 0.15) is 46.0 Å². The van der Waals surface area contributed by atoms with Gasteiger partial charge < -0.3 is 14.8 Å². The molecule has 0 saturated carbocycles. The zero-order valence-electron chi connectivity index (χ0n) is 13.7. The van der Waals surface area contributed by atoms with Crippen LogP contribution >= 0.6 is 0 Å². The van der Waals surface area contributed by atoms with Crippen molar-refractivity contribution in [1.82, 2.24) is 10.2 Å². The van der Waals surface area contributed by atoms with Gasteiger partial charge in [-0.15, -0.1) is 0 Å². The van der Waals surface area contributed by atoms with Gasteiger partial charge in [0.2, 0.25) is 0 Å². The third kappa shape index (κ3) is 7.02. The average Bonchev–Trinajstić information content (AvgIpc) is 2.47. The number of rotatable bonds is 11. The molecule has 0 radical (unpaired) electrons. The fraction of sp³-hybridized carbons (Fsp3) is 1.00. The first kappa shape index (κ1) is 17.9. The molecule has 2 atom stereocenters. The van der Waals surface area contributed by atoms with Crippen molar-refractivity contribution in [1.29, 1.82) is 0 Å². The Hall–Kier alpha value is -0.160. The van der Waals surface area contributed by atoms with Crippen molar-refractivity contribution < 1.29 is 9.47 Å². The van der Waals surface area contributed by atoms with Crippen LogP contribution in [0.2, 0.25) is 0 Å². The molecule has 1 heterocycles. The molecule has 120 valence electrons. The highest BCUT2D eigenvalue weighted by molar-refractivity contribution is 4.85. The van der Waals surface area contributed by atoms with Crippen molar-refractivity contribution in [3.63, 3.8) is 0 Å². The number of piperazine rings is 1. The molecular weight excluding hydrogens is 252 g/mol. The van der Waals surface area contributed by atoms with Crippen LogP contribution in [0.15, 0.2) is 0 Å². The van der Waals surface area contributed by atoms with Crippen molar-refractivity contribution in [2.45, 2.75) is 58.0 Å². The quantitative estimate of drug-likeness (QED) is 0.591. The third-order valence-corrected chi connectivity index (χ3v) is 4.14. The zero-order chi connectivity index (χ0) is 14.6. The molecule has 1 aliphatic heterocycles. The van der Waals surface area contributed by atoms with E-state index in [1.54, 1.807) is 7.11 Å². The normalized spacial score (nSPS) is 24.1. The van der Waals surface area contributed by atoms with E-state index in [2.05, 4.69) is 24.1 Å². The summed E-state index contributed by atoms with van der Waals surface area (Å²) < 4.78 is 10.5. The van der Waals surface area contributed by atoms with Crippen LogP contribution < -0.4 is 5.32 Å². The Labute approximate surface area is 125 Å². The molecular formula is C16H34N2O2. The van der Waals surface area contributed by atoms with E-state index in [0.717, 1.165) is 32.2 Å². The van der Waals surface area contributed by atoms with Crippen LogP contribution in [0.4, 0.5) is 0 Å². The Kier molecular flexibility index (Phi) is 10.3. The van der Waals surface area contributed by atoms with Gasteiger partial charge in [-0.2, -0.15) is 0 Å². The van der Waals surface area contributed by atoms with Crippen molar-refractivity contribution in [3.8, 4) is 0 Å². The fourth-order valence-corrected chi connectivity index (χ4v) is 2.91. The van der Waals surface area contributed by atoms with Gasteiger partial charge in [0.1, 0.15) is 0 Å². The lowest BCUT2D eigenvalue weighted by Gasteiger charge is -2.40. The van der Waals surface area contributed by atoms with E-state index in [0.29, 0.717) is 12.6 Å². The van der Waals surface area contributed by atoms with Crippen molar-refractivity contribution in [2.24, 2.45) is 0 Å². The van der Waals surface area contributed by atoms with E-state index in [9.17, 15) is 0 Å². The molecule has 0 bridgehead atoms. The highest BCUT2D eigenvalue weighted by atomic mass is 16.5. The van der Waals surface area contributed by atoms with Crippen molar-refractivity contribution in [3.05, 3.63) is 0 Å². The summed E-state index contributed by atoms with van der Waals surface area (Å²) in [6.07, 6.45) is 6.21. The summed E-state index contributed by atoms with van der Waals surface area (Å²) in [6, 6.07) is 1.42. The number of nitrogens with one attached hydrogen (secondary N) is 1. The zero-order valence-corrected chi connectivity index (χ0v) is 13.7. The maximum atomic E-state index is 5.52. The lowest BCUT2D eigenvalue weighted by molar-refractivity contribution is 0.0648. The average molecular weight is 286 g/mol. The Balaban J connectivity index is 2.14. The van der Waals surface area contributed by atoms with Gasteiger partial charge in [0.25, 0.3) is 0 Å². The fourth-order valence-electron chi connectivity index (χ4n) is 2.91. The van der Waals surface area contributed by atoms with Crippen molar-refractivity contribution >= 4 is 0 Å². The molecule has 2 unspecified atom stereocenters. The molecule has 1 N–H and O–H groups in total. The van der Waals surface area contributed by atoms with Crippen LogP contribution in [0.5, 0.6) is 0 Å². The van der Waals surface area contributed by atoms with Gasteiger partial charge in [-0.05, 0) is 32.2 Å². The molecule has 20 heavy (non-hydrogen) atoms. The SMILES string of the molecule is CCCC1CN(CCCCOCCOC)C(CC)CN1. The third-order valence-electron chi connectivity index (χ3n) is 4.14. The minimum Gasteiger partial charge on any atom is -0.382 e. The number of nitrogens with zero attached hydrogens (tertiary/aromatic N) is 1. The Bertz CT molecular complexity index is 227. The first-order valence-corrected chi connectivity index (χ1v) is 8.35. The topological polar surface area (TPSA) is 33.7 Å². The Morgan fingerprint density at radius 3 is 2.70 bits per heavy atom. The van der Waals surface area contributed by atoms with Gasteiger partial charge in [0, 0.05) is 38.9 Å². The van der Waals surface area contributed by atoms with Gasteiger partial charge in [-0.1, -0.05) is 20.3 Å². The molecule has 0 amide bonds. The number of unbranched alkanes of at least 4 members (excludes halogenated alkanes) is 1. The van der Waals surface area contributed by atoms with Crippen LogP contribution in [-0.4, -0.2) is 63.5 Å². The monoisotopic (exact) mass is 286 g/mol. The van der Waals surface area contributed by atoms with Gasteiger partial charge >= 0.3 is 0 Å². The summed E-state index contributed by atoms with van der Waals surface area (Å²) in [7, 11) is 1.71. The second-order valence-corrected chi connectivity index (χ2v) is 5.76. The minimum absolute atomic E-state index is 0.695. The number of hydrogen-bond donors (Lipinski definition) is 1. The number of hydrogen-bond acceptors (Lipinski definition) is 4. The first-order chi connectivity index (χ1) is 9.81. The highest BCUT2D eigenvalue weighted by Crippen LogP contribution is 2.14. The van der Waals surface area contributed by atoms with Gasteiger partial charge in [0.05, 0.1) is 13.2 Å². The van der Waals surface area contributed by atoms with E-state index < -0.39 is 0 Å². The highest BCUT2D eigenvalue weighted by Gasteiger charge is 2.25. The lowest BCUT2D eigenvalue weighted by Crippen LogP contribution is -2.56. The second-order valence-electron chi connectivity index (χ2n) is 5.76. The van der Waals surface area contributed by atoms with Crippen LogP contribution in [0, 0.1) is 0 Å². The molecule has 0 aromatic rings.